The van der Waals surface area contributed by atoms with Crippen LogP contribution >= 0.6 is 11.6 Å². The first kappa shape index (κ1) is 15.2. The molecule has 0 saturated carbocycles. The number of esters is 1. The predicted octanol–water partition coefficient (Wildman–Crippen LogP) is 1.60. The molecule has 0 aliphatic heterocycles. The van der Waals surface area contributed by atoms with Crippen LogP contribution in [0.5, 0.6) is 0 Å². The highest BCUT2D eigenvalue weighted by molar-refractivity contribution is 6.31. The van der Waals surface area contributed by atoms with Crippen molar-refractivity contribution in [3.05, 3.63) is 27.0 Å². The third kappa shape index (κ3) is 4.10. The lowest BCUT2D eigenvalue weighted by atomic mass is 10.1. The number of ketones is 1. The fourth-order valence-corrected chi connectivity index (χ4v) is 1.64. The maximum Gasteiger partial charge on any atom is 0.313 e. The average molecular weight is 287 g/mol. The summed E-state index contributed by atoms with van der Waals surface area (Å²) in [6, 6.07) is 1.25. The molecule has 0 aliphatic carbocycles. The zero-order valence-electron chi connectivity index (χ0n) is 10.7. The molecule has 0 saturated heterocycles. The van der Waals surface area contributed by atoms with Crippen LogP contribution in [-0.2, 0) is 9.53 Å². The summed E-state index contributed by atoms with van der Waals surface area (Å²) in [6.45, 7) is 4.19. The number of aromatic nitrogens is 1. The fraction of sp³-hybridized carbons (Fsp3) is 0.417. The molecule has 19 heavy (non-hydrogen) atoms. The quantitative estimate of drug-likeness (QED) is 0.471. The van der Waals surface area contributed by atoms with Gasteiger partial charge in [0.05, 0.1) is 12.2 Å². The van der Waals surface area contributed by atoms with Crippen LogP contribution in [0.15, 0.2) is 10.9 Å². The summed E-state index contributed by atoms with van der Waals surface area (Å²) in [4.78, 5) is 37.1. The van der Waals surface area contributed by atoms with Crippen LogP contribution < -0.4 is 10.9 Å². The number of rotatable bonds is 6. The number of anilines is 1. The third-order valence-electron chi connectivity index (χ3n) is 2.26. The van der Waals surface area contributed by atoms with E-state index >= 15 is 0 Å². The molecule has 0 unspecified atom stereocenters. The Hall–Kier alpha value is -1.82. The van der Waals surface area contributed by atoms with Crippen LogP contribution in [0.4, 0.5) is 5.82 Å². The van der Waals surface area contributed by atoms with Gasteiger partial charge < -0.3 is 15.0 Å². The number of ether oxygens (including phenoxy) is 1. The molecule has 7 heteroatoms. The van der Waals surface area contributed by atoms with Crippen molar-refractivity contribution < 1.29 is 14.3 Å². The van der Waals surface area contributed by atoms with Crippen LogP contribution in [0.2, 0.25) is 5.02 Å². The monoisotopic (exact) mass is 286 g/mol. The molecule has 6 nitrogen and oxygen atoms in total. The Morgan fingerprint density at radius 3 is 2.68 bits per heavy atom. The van der Waals surface area contributed by atoms with E-state index in [1.807, 2.05) is 6.92 Å². The first-order valence-corrected chi connectivity index (χ1v) is 6.22. The Kier molecular flexibility index (Phi) is 5.57. The molecule has 0 spiro atoms. The fourth-order valence-electron chi connectivity index (χ4n) is 1.48. The summed E-state index contributed by atoms with van der Waals surface area (Å²) in [5, 5.41) is 2.74. The van der Waals surface area contributed by atoms with Crippen LogP contribution in [0, 0.1) is 0 Å². The van der Waals surface area contributed by atoms with Gasteiger partial charge in [0.2, 0.25) is 0 Å². The second-order valence-corrected chi connectivity index (χ2v) is 4.08. The van der Waals surface area contributed by atoms with Crippen molar-refractivity contribution in [2.45, 2.75) is 20.3 Å². The van der Waals surface area contributed by atoms with E-state index in [9.17, 15) is 14.4 Å². The number of carbonyl (C=O) groups is 2. The topological polar surface area (TPSA) is 88.3 Å². The van der Waals surface area contributed by atoms with E-state index in [-0.39, 0.29) is 23.0 Å². The van der Waals surface area contributed by atoms with Gasteiger partial charge in [0, 0.05) is 6.54 Å². The first-order chi connectivity index (χ1) is 8.99. The Morgan fingerprint density at radius 2 is 2.11 bits per heavy atom. The lowest BCUT2D eigenvalue weighted by Gasteiger charge is -2.09. The molecule has 0 amide bonds. The highest BCUT2D eigenvalue weighted by Crippen LogP contribution is 2.16. The summed E-state index contributed by atoms with van der Waals surface area (Å²) >= 11 is 5.69. The van der Waals surface area contributed by atoms with Gasteiger partial charge in [0.25, 0.3) is 5.56 Å². The zero-order chi connectivity index (χ0) is 14.4. The van der Waals surface area contributed by atoms with Gasteiger partial charge in [-0.3, -0.25) is 14.4 Å². The number of Topliss-reactive ketones (excluding diaryl/α,β-unsaturated/α-hetero) is 1. The Labute approximate surface area is 115 Å². The molecule has 0 bridgehead atoms. The van der Waals surface area contributed by atoms with Crippen LogP contribution in [0.1, 0.15) is 30.6 Å². The maximum atomic E-state index is 12.0. The van der Waals surface area contributed by atoms with Gasteiger partial charge in [-0.2, -0.15) is 0 Å². The van der Waals surface area contributed by atoms with Gasteiger partial charge in [-0.25, -0.2) is 0 Å². The largest absolute Gasteiger partial charge is 0.466 e. The second-order valence-electron chi connectivity index (χ2n) is 3.67. The number of aromatic amines is 1. The highest BCUT2D eigenvalue weighted by Gasteiger charge is 2.18. The van der Waals surface area contributed by atoms with E-state index in [4.69, 9.17) is 16.3 Å². The van der Waals surface area contributed by atoms with E-state index in [2.05, 4.69) is 10.3 Å². The van der Waals surface area contributed by atoms with E-state index in [1.165, 1.54) is 6.07 Å². The number of nitrogens with one attached hydrogen (secondary N) is 2. The molecule has 1 rings (SSSR count). The molecule has 2 N–H and O–H groups in total. The Balaban J connectivity index is 3.03. The predicted molar refractivity (Wildman–Crippen MR) is 71.8 cm³/mol. The molecule has 104 valence electrons. The third-order valence-corrected chi connectivity index (χ3v) is 2.54. The van der Waals surface area contributed by atoms with Crippen LogP contribution in [0.25, 0.3) is 0 Å². The van der Waals surface area contributed by atoms with Gasteiger partial charge >= 0.3 is 5.97 Å². The van der Waals surface area contributed by atoms with Crippen molar-refractivity contribution in [3.63, 3.8) is 0 Å². The molecule has 0 aromatic carbocycles. The molecule has 1 heterocycles. The molecule has 1 aromatic heterocycles. The van der Waals surface area contributed by atoms with Crippen molar-refractivity contribution in [3.8, 4) is 0 Å². The summed E-state index contributed by atoms with van der Waals surface area (Å²) in [5.74, 6) is -0.823. The van der Waals surface area contributed by atoms with Gasteiger partial charge in [0.1, 0.15) is 17.3 Å². The number of carbonyl (C=O) groups excluding carboxylic acids is 2. The SMILES string of the molecule is CCNc1[nH]c(=O)c(Cl)cc1C(=O)CC(=O)OCC. The van der Waals surface area contributed by atoms with Crippen molar-refractivity contribution in [1.29, 1.82) is 0 Å². The lowest BCUT2D eigenvalue weighted by molar-refractivity contribution is -0.141. The lowest BCUT2D eigenvalue weighted by Crippen LogP contribution is -2.18. The normalized spacial score (nSPS) is 10.1. The summed E-state index contributed by atoms with van der Waals surface area (Å²) < 4.78 is 4.70. The number of H-pyrrole nitrogens is 1. The number of pyridine rings is 1. The van der Waals surface area contributed by atoms with E-state index in [0.29, 0.717) is 6.54 Å². The standard InChI is InChI=1S/C12H15ClN2O4/c1-3-14-11-7(5-8(13)12(18)15-11)9(16)6-10(17)19-4-2/h5H,3-4,6H2,1-2H3,(H2,14,15,18). The zero-order valence-corrected chi connectivity index (χ0v) is 11.5. The average Bonchev–Trinajstić information content (AvgIpc) is 2.34. The van der Waals surface area contributed by atoms with Gasteiger partial charge in [-0.05, 0) is 19.9 Å². The van der Waals surface area contributed by atoms with Crippen molar-refractivity contribution in [1.82, 2.24) is 4.98 Å². The number of halogens is 1. The Morgan fingerprint density at radius 1 is 1.42 bits per heavy atom. The minimum absolute atomic E-state index is 0.103. The van der Waals surface area contributed by atoms with Crippen molar-refractivity contribution in [2.24, 2.45) is 0 Å². The maximum absolute atomic E-state index is 12.0. The molecule has 0 atom stereocenters. The Bertz CT molecular complexity index is 539. The molecule has 0 aliphatic rings. The molecule has 0 fully saturated rings. The molecule has 1 aromatic rings. The van der Waals surface area contributed by atoms with Gasteiger partial charge in [-0.15, -0.1) is 0 Å². The number of hydrogen-bond donors (Lipinski definition) is 2. The van der Waals surface area contributed by atoms with Crippen molar-refractivity contribution in [2.75, 3.05) is 18.5 Å². The highest BCUT2D eigenvalue weighted by atomic mass is 35.5. The minimum atomic E-state index is -0.614. The first-order valence-electron chi connectivity index (χ1n) is 5.85. The second kappa shape index (κ2) is 6.94. The minimum Gasteiger partial charge on any atom is -0.466 e. The van der Waals surface area contributed by atoms with Gasteiger partial charge in [0.15, 0.2) is 5.78 Å². The summed E-state index contributed by atoms with van der Waals surface area (Å²) in [6.07, 6.45) is -0.394. The van der Waals surface area contributed by atoms with Crippen LogP contribution in [-0.4, -0.2) is 29.9 Å². The molecule has 0 radical (unpaired) electrons. The van der Waals surface area contributed by atoms with Gasteiger partial charge in [-0.1, -0.05) is 11.6 Å². The molecular weight excluding hydrogens is 272 g/mol. The summed E-state index contributed by atoms with van der Waals surface area (Å²) in [7, 11) is 0. The summed E-state index contributed by atoms with van der Waals surface area (Å²) in [5.41, 5.74) is -0.329. The van der Waals surface area contributed by atoms with Crippen LogP contribution in [0.3, 0.4) is 0 Å². The van der Waals surface area contributed by atoms with Crippen molar-refractivity contribution >= 4 is 29.2 Å². The smallest absolute Gasteiger partial charge is 0.313 e. The molecular formula is C12H15ClN2O4. The van der Waals surface area contributed by atoms with E-state index in [0.717, 1.165) is 0 Å². The van der Waals surface area contributed by atoms with E-state index in [1.54, 1.807) is 6.92 Å². The van der Waals surface area contributed by atoms with E-state index < -0.39 is 23.7 Å². The number of hydrogen-bond acceptors (Lipinski definition) is 5.